The van der Waals surface area contributed by atoms with Crippen molar-refractivity contribution in [1.29, 1.82) is 0 Å². The van der Waals surface area contributed by atoms with E-state index < -0.39 is 10.0 Å². The summed E-state index contributed by atoms with van der Waals surface area (Å²) >= 11 is 0. The first-order valence-electron chi connectivity index (χ1n) is 5.37. The van der Waals surface area contributed by atoms with Gasteiger partial charge in [-0.25, -0.2) is 8.42 Å². The van der Waals surface area contributed by atoms with Gasteiger partial charge in [0.15, 0.2) is 0 Å². The molecule has 5 nitrogen and oxygen atoms in total. The molecular formula is C9H18N2O3S. The third kappa shape index (κ3) is 1.60. The van der Waals surface area contributed by atoms with Crippen LogP contribution < -0.4 is 5.73 Å². The first-order valence-corrected chi connectivity index (χ1v) is 6.98. The van der Waals surface area contributed by atoms with E-state index in [-0.39, 0.29) is 17.3 Å². The summed E-state index contributed by atoms with van der Waals surface area (Å²) in [5.74, 6) is 0.0842. The number of hydrogen-bond acceptors (Lipinski definition) is 4. The van der Waals surface area contributed by atoms with Crippen LogP contribution in [-0.2, 0) is 14.8 Å². The molecule has 0 aliphatic carbocycles. The third-order valence-corrected chi connectivity index (χ3v) is 5.63. The van der Waals surface area contributed by atoms with E-state index in [1.165, 1.54) is 0 Å². The van der Waals surface area contributed by atoms with Crippen LogP contribution in [0.1, 0.15) is 19.8 Å². The molecule has 2 saturated heterocycles. The SMILES string of the molecule is CCN1C2(CCOCC2)C(N)CS1(=O)=O. The molecule has 1 spiro atoms. The summed E-state index contributed by atoms with van der Waals surface area (Å²) in [5, 5.41) is 0. The van der Waals surface area contributed by atoms with E-state index in [1.54, 1.807) is 4.31 Å². The van der Waals surface area contributed by atoms with Crippen LogP contribution in [0, 0.1) is 0 Å². The van der Waals surface area contributed by atoms with Gasteiger partial charge in [0, 0.05) is 25.8 Å². The van der Waals surface area contributed by atoms with Crippen LogP contribution in [-0.4, -0.2) is 49.8 Å². The van der Waals surface area contributed by atoms with Gasteiger partial charge in [0.1, 0.15) is 0 Å². The minimum atomic E-state index is -3.14. The normalized spacial score (nSPS) is 34.7. The Hall–Kier alpha value is -0.170. The van der Waals surface area contributed by atoms with Gasteiger partial charge in [-0.15, -0.1) is 0 Å². The number of likely N-dealkylation sites (N-methyl/N-ethyl adjacent to an activating group) is 1. The second-order valence-corrected chi connectivity index (χ2v) is 6.20. The zero-order chi connectivity index (χ0) is 11.1. The summed E-state index contributed by atoms with van der Waals surface area (Å²) < 4.78 is 30.6. The molecule has 0 aromatic heterocycles. The standard InChI is InChI=1S/C9H18N2O3S/c1-2-11-9(3-5-14-6-4-9)8(10)7-15(11,12)13/h8H,2-7,10H2,1H3. The van der Waals surface area contributed by atoms with Gasteiger partial charge in [0.2, 0.25) is 10.0 Å². The molecule has 0 amide bonds. The largest absolute Gasteiger partial charge is 0.381 e. The molecular weight excluding hydrogens is 216 g/mol. The number of nitrogens with two attached hydrogens (primary N) is 1. The Labute approximate surface area is 90.6 Å². The Kier molecular flexibility index (Phi) is 2.79. The van der Waals surface area contributed by atoms with Crippen molar-refractivity contribution in [2.75, 3.05) is 25.5 Å². The van der Waals surface area contributed by atoms with E-state index in [4.69, 9.17) is 10.5 Å². The Morgan fingerprint density at radius 1 is 1.47 bits per heavy atom. The summed E-state index contributed by atoms with van der Waals surface area (Å²) in [7, 11) is -3.14. The molecule has 0 bridgehead atoms. The molecule has 1 atom stereocenters. The fourth-order valence-corrected chi connectivity index (χ4v) is 5.00. The van der Waals surface area contributed by atoms with Crippen LogP contribution in [0.2, 0.25) is 0 Å². The van der Waals surface area contributed by atoms with Crippen molar-refractivity contribution in [2.45, 2.75) is 31.3 Å². The predicted octanol–water partition coefficient (Wildman–Crippen LogP) is -0.472. The van der Waals surface area contributed by atoms with Crippen molar-refractivity contribution in [3.8, 4) is 0 Å². The quantitative estimate of drug-likeness (QED) is 0.665. The maximum Gasteiger partial charge on any atom is 0.216 e. The van der Waals surface area contributed by atoms with Crippen LogP contribution in [0.15, 0.2) is 0 Å². The maximum absolute atomic E-state index is 11.9. The lowest BCUT2D eigenvalue weighted by Gasteiger charge is -2.41. The van der Waals surface area contributed by atoms with Crippen molar-refractivity contribution < 1.29 is 13.2 Å². The Morgan fingerprint density at radius 3 is 2.60 bits per heavy atom. The molecule has 2 rings (SSSR count). The molecule has 88 valence electrons. The summed E-state index contributed by atoms with van der Waals surface area (Å²) in [5.41, 5.74) is 5.64. The molecule has 0 aromatic rings. The van der Waals surface area contributed by atoms with E-state index in [2.05, 4.69) is 0 Å². The van der Waals surface area contributed by atoms with E-state index >= 15 is 0 Å². The fraction of sp³-hybridized carbons (Fsp3) is 1.00. The lowest BCUT2D eigenvalue weighted by atomic mass is 9.84. The van der Waals surface area contributed by atoms with Crippen LogP contribution in [0.5, 0.6) is 0 Å². The highest BCUT2D eigenvalue weighted by molar-refractivity contribution is 7.89. The van der Waals surface area contributed by atoms with Crippen molar-refractivity contribution in [1.82, 2.24) is 4.31 Å². The Morgan fingerprint density at radius 2 is 2.07 bits per heavy atom. The number of ether oxygens (including phenoxy) is 1. The highest BCUT2D eigenvalue weighted by Crippen LogP contribution is 2.38. The van der Waals surface area contributed by atoms with Crippen molar-refractivity contribution in [3.05, 3.63) is 0 Å². The Balaban J connectivity index is 2.36. The average molecular weight is 234 g/mol. The molecule has 2 aliphatic rings. The van der Waals surface area contributed by atoms with Crippen LogP contribution in [0.3, 0.4) is 0 Å². The van der Waals surface area contributed by atoms with Gasteiger partial charge < -0.3 is 10.5 Å². The van der Waals surface area contributed by atoms with Crippen molar-refractivity contribution in [3.63, 3.8) is 0 Å². The lowest BCUT2D eigenvalue weighted by Crippen LogP contribution is -2.57. The van der Waals surface area contributed by atoms with Crippen molar-refractivity contribution >= 4 is 10.0 Å². The smallest absolute Gasteiger partial charge is 0.216 e. The maximum atomic E-state index is 11.9. The molecule has 15 heavy (non-hydrogen) atoms. The summed E-state index contributed by atoms with van der Waals surface area (Å²) in [6.45, 7) is 3.60. The molecule has 0 aromatic carbocycles. The number of hydrogen-bond donors (Lipinski definition) is 1. The molecule has 1 unspecified atom stereocenters. The number of nitrogens with zero attached hydrogens (tertiary/aromatic N) is 1. The van der Waals surface area contributed by atoms with Crippen LogP contribution in [0.25, 0.3) is 0 Å². The van der Waals surface area contributed by atoms with Gasteiger partial charge >= 0.3 is 0 Å². The number of rotatable bonds is 1. The molecule has 2 aliphatic heterocycles. The van der Waals surface area contributed by atoms with Crippen LogP contribution >= 0.6 is 0 Å². The van der Waals surface area contributed by atoms with Gasteiger partial charge in [-0.1, -0.05) is 6.92 Å². The topological polar surface area (TPSA) is 72.6 Å². The van der Waals surface area contributed by atoms with E-state index in [0.29, 0.717) is 19.8 Å². The third-order valence-electron chi connectivity index (χ3n) is 3.56. The van der Waals surface area contributed by atoms with Gasteiger partial charge in [0.05, 0.1) is 11.3 Å². The van der Waals surface area contributed by atoms with Gasteiger partial charge in [-0.2, -0.15) is 4.31 Å². The van der Waals surface area contributed by atoms with Gasteiger partial charge in [0.25, 0.3) is 0 Å². The lowest BCUT2D eigenvalue weighted by molar-refractivity contribution is 0.00514. The van der Waals surface area contributed by atoms with Crippen LogP contribution in [0.4, 0.5) is 0 Å². The predicted molar refractivity (Wildman–Crippen MR) is 56.9 cm³/mol. The minimum Gasteiger partial charge on any atom is -0.381 e. The average Bonchev–Trinajstić information content (AvgIpc) is 2.35. The van der Waals surface area contributed by atoms with Crippen molar-refractivity contribution in [2.24, 2.45) is 5.73 Å². The molecule has 0 radical (unpaired) electrons. The molecule has 0 saturated carbocycles. The van der Waals surface area contributed by atoms with Gasteiger partial charge in [-0.3, -0.25) is 0 Å². The molecule has 2 heterocycles. The monoisotopic (exact) mass is 234 g/mol. The zero-order valence-corrected chi connectivity index (χ0v) is 9.79. The first kappa shape index (κ1) is 11.3. The fourth-order valence-electron chi connectivity index (χ4n) is 2.79. The highest BCUT2D eigenvalue weighted by Gasteiger charge is 2.54. The van der Waals surface area contributed by atoms with E-state index in [9.17, 15) is 8.42 Å². The molecule has 6 heteroatoms. The van der Waals surface area contributed by atoms with E-state index in [1.807, 2.05) is 6.92 Å². The first-order chi connectivity index (χ1) is 7.03. The van der Waals surface area contributed by atoms with E-state index in [0.717, 1.165) is 12.8 Å². The zero-order valence-electron chi connectivity index (χ0n) is 8.98. The minimum absolute atomic E-state index is 0.0842. The number of sulfonamides is 1. The highest BCUT2D eigenvalue weighted by atomic mass is 32.2. The second-order valence-electron chi connectivity index (χ2n) is 4.27. The summed E-state index contributed by atoms with van der Waals surface area (Å²) in [6.07, 6.45) is 1.45. The molecule has 2 N–H and O–H groups in total. The summed E-state index contributed by atoms with van der Waals surface area (Å²) in [4.78, 5) is 0. The van der Waals surface area contributed by atoms with Gasteiger partial charge in [-0.05, 0) is 12.8 Å². The Bertz CT molecular complexity index is 335. The summed E-state index contributed by atoms with van der Waals surface area (Å²) in [6, 6.07) is -0.272. The second kappa shape index (κ2) is 3.69. The molecule has 2 fully saturated rings.